The second-order valence-corrected chi connectivity index (χ2v) is 9.01. The van der Waals surface area contributed by atoms with Crippen molar-refractivity contribution in [3.63, 3.8) is 0 Å². The Hall–Kier alpha value is -3.32. The van der Waals surface area contributed by atoms with Gasteiger partial charge in [0, 0.05) is 27.6 Å². The fraction of sp³-hybridized carbons (Fsp3) is 0.231. The van der Waals surface area contributed by atoms with Crippen LogP contribution < -0.4 is 14.2 Å². The second-order valence-electron chi connectivity index (χ2n) is 8.10. The Labute approximate surface area is 200 Å². The number of aryl methyl sites for hydroxylation is 1. The molecule has 3 aromatic carbocycles. The number of carbonyl (C=O) groups is 1. The summed E-state index contributed by atoms with van der Waals surface area (Å²) in [4.78, 5) is 13.5. The number of carbonyl (C=O) groups excluding carboxylic acids is 1. The molecule has 2 aliphatic heterocycles. The van der Waals surface area contributed by atoms with Crippen LogP contribution in [0, 0.1) is 6.92 Å². The molecule has 2 aliphatic rings. The van der Waals surface area contributed by atoms with Gasteiger partial charge >= 0.3 is 0 Å². The molecule has 2 atom stereocenters. The summed E-state index contributed by atoms with van der Waals surface area (Å²) in [5.74, 6) is 1.87. The third kappa shape index (κ3) is 3.86. The van der Waals surface area contributed by atoms with E-state index in [1.807, 2.05) is 67.6 Å². The summed E-state index contributed by atoms with van der Waals surface area (Å²) < 4.78 is 18.0. The zero-order chi connectivity index (χ0) is 23.1. The topological polar surface area (TPSA) is 60.4 Å². The minimum absolute atomic E-state index is 0.117. The highest BCUT2D eigenvalue weighted by molar-refractivity contribution is 9.10. The molecule has 0 aromatic heterocycles. The average molecular weight is 507 g/mol. The number of hydrogen-bond acceptors (Lipinski definition) is 6. The van der Waals surface area contributed by atoms with Gasteiger partial charge in [-0.05, 0) is 43.3 Å². The molecule has 0 N–H and O–H groups in total. The first-order valence-corrected chi connectivity index (χ1v) is 11.4. The summed E-state index contributed by atoms with van der Waals surface area (Å²) in [6.07, 6.45) is -0.205. The summed E-state index contributed by atoms with van der Waals surface area (Å²) >= 11 is 3.56. The number of methoxy groups -OCH3 is 2. The van der Waals surface area contributed by atoms with Gasteiger partial charge in [-0.3, -0.25) is 4.79 Å². The lowest BCUT2D eigenvalue weighted by molar-refractivity contribution is -0.00459. The van der Waals surface area contributed by atoms with Gasteiger partial charge in [0.2, 0.25) is 5.78 Å². The molecule has 0 saturated heterocycles. The zero-order valence-electron chi connectivity index (χ0n) is 18.5. The molecule has 6 nitrogen and oxygen atoms in total. The van der Waals surface area contributed by atoms with Gasteiger partial charge in [-0.1, -0.05) is 45.8 Å². The molecule has 0 spiro atoms. The SMILES string of the molecule is COc1ccc(C2=NN3C(C(=O)c4ccc(C)cc4)Oc4ccc(Br)cc4C3C2)cc1OC. The largest absolute Gasteiger partial charge is 0.493 e. The maximum Gasteiger partial charge on any atom is 0.251 e. The molecule has 0 radical (unpaired) electrons. The molecule has 0 fully saturated rings. The molecule has 2 unspecified atom stereocenters. The van der Waals surface area contributed by atoms with E-state index >= 15 is 0 Å². The first-order chi connectivity index (χ1) is 16.0. The first-order valence-electron chi connectivity index (χ1n) is 10.6. The van der Waals surface area contributed by atoms with Crippen LogP contribution in [0.1, 0.15) is 39.5 Å². The van der Waals surface area contributed by atoms with Crippen LogP contribution in [0.4, 0.5) is 0 Å². The Morgan fingerprint density at radius 3 is 2.52 bits per heavy atom. The molecular formula is C26H23BrN2O4. The van der Waals surface area contributed by atoms with E-state index in [1.54, 1.807) is 19.2 Å². The highest BCUT2D eigenvalue weighted by atomic mass is 79.9. The van der Waals surface area contributed by atoms with E-state index < -0.39 is 6.23 Å². The van der Waals surface area contributed by atoms with Crippen molar-refractivity contribution in [3.8, 4) is 17.2 Å². The average Bonchev–Trinajstić information content (AvgIpc) is 3.29. The van der Waals surface area contributed by atoms with Crippen LogP contribution in [0.5, 0.6) is 17.2 Å². The van der Waals surface area contributed by atoms with Crippen molar-refractivity contribution in [2.75, 3.05) is 14.2 Å². The Morgan fingerprint density at radius 1 is 1.03 bits per heavy atom. The van der Waals surface area contributed by atoms with Crippen LogP contribution in [0.15, 0.2) is 70.2 Å². The lowest BCUT2D eigenvalue weighted by Crippen LogP contribution is -2.45. The molecule has 2 heterocycles. The molecule has 33 heavy (non-hydrogen) atoms. The molecular weight excluding hydrogens is 484 g/mol. The predicted octanol–water partition coefficient (Wildman–Crippen LogP) is 5.53. The highest BCUT2D eigenvalue weighted by Gasteiger charge is 2.43. The monoisotopic (exact) mass is 506 g/mol. The normalized spacial score (nSPS) is 18.7. The molecule has 0 aliphatic carbocycles. The van der Waals surface area contributed by atoms with Crippen LogP contribution in [0.3, 0.4) is 0 Å². The van der Waals surface area contributed by atoms with Gasteiger partial charge < -0.3 is 14.2 Å². The van der Waals surface area contributed by atoms with Crippen molar-refractivity contribution in [1.82, 2.24) is 5.01 Å². The van der Waals surface area contributed by atoms with E-state index in [2.05, 4.69) is 15.9 Å². The Balaban J connectivity index is 1.56. The quantitative estimate of drug-likeness (QED) is 0.426. The number of rotatable bonds is 5. The summed E-state index contributed by atoms with van der Waals surface area (Å²) in [7, 11) is 3.22. The fourth-order valence-electron chi connectivity index (χ4n) is 4.28. The molecule has 0 bridgehead atoms. The number of benzene rings is 3. The maximum absolute atomic E-state index is 13.5. The minimum atomic E-state index is -0.843. The number of fused-ring (bicyclic) bond motifs is 3. The first kappa shape index (κ1) is 21.5. The second kappa shape index (κ2) is 8.56. The minimum Gasteiger partial charge on any atom is -0.493 e. The van der Waals surface area contributed by atoms with Crippen LogP contribution in [0.25, 0.3) is 0 Å². The van der Waals surface area contributed by atoms with Gasteiger partial charge in [0.25, 0.3) is 6.23 Å². The number of hydrazone groups is 1. The number of Topliss-reactive ketones (excluding diaryl/α,β-unsaturated/α-hetero) is 1. The number of nitrogens with zero attached hydrogens (tertiary/aromatic N) is 2. The van der Waals surface area contributed by atoms with E-state index in [4.69, 9.17) is 19.3 Å². The predicted molar refractivity (Wildman–Crippen MR) is 129 cm³/mol. The number of ether oxygens (including phenoxy) is 3. The number of hydrogen-bond donors (Lipinski definition) is 0. The number of halogens is 1. The summed E-state index contributed by atoms with van der Waals surface area (Å²) in [6.45, 7) is 2.00. The maximum atomic E-state index is 13.5. The van der Waals surface area contributed by atoms with Gasteiger partial charge in [-0.15, -0.1) is 0 Å². The van der Waals surface area contributed by atoms with Crippen molar-refractivity contribution in [1.29, 1.82) is 0 Å². The van der Waals surface area contributed by atoms with Gasteiger partial charge in [-0.2, -0.15) is 5.10 Å². The van der Waals surface area contributed by atoms with E-state index in [9.17, 15) is 4.79 Å². The van der Waals surface area contributed by atoms with Crippen molar-refractivity contribution < 1.29 is 19.0 Å². The van der Waals surface area contributed by atoms with Crippen LogP contribution in [-0.2, 0) is 0 Å². The lowest BCUT2D eigenvalue weighted by atomic mass is 9.95. The van der Waals surface area contributed by atoms with Crippen molar-refractivity contribution in [2.24, 2.45) is 5.10 Å². The van der Waals surface area contributed by atoms with E-state index in [1.165, 1.54) is 0 Å². The summed E-state index contributed by atoms with van der Waals surface area (Å²) in [5.41, 5.74) is 4.47. The number of ketones is 1. The zero-order valence-corrected chi connectivity index (χ0v) is 20.1. The molecule has 3 aromatic rings. The van der Waals surface area contributed by atoms with Gasteiger partial charge in [0.05, 0.1) is 26.0 Å². The van der Waals surface area contributed by atoms with Crippen molar-refractivity contribution in [3.05, 3.63) is 87.4 Å². The Bertz CT molecular complexity index is 1260. The van der Waals surface area contributed by atoms with E-state index in [-0.39, 0.29) is 11.8 Å². The van der Waals surface area contributed by atoms with Crippen molar-refractivity contribution >= 4 is 27.4 Å². The Kier molecular flexibility index (Phi) is 5.58. The highest BCUT2D eigenvalue weighted by Crippen LogP contribution is 2.45. The van der Waals surface area contributed by atoms with Gasteiger partial charge in [0.15, 0.2) is 11.5 Å². The third-order valence-electron chi connectivity index (χ3n) is 6.03. The smallest absolute Gasteiger partial charge is 0.251 e. The summed E-state index contributed by atoms with van der Waals surface area (Å²) in [5, 5.41) is 6.67. The van der Waals surface area contributed by atoms with Gasteiger partial charge in [-0.25, -0.2) is 5.01 Å². The van der Waals surface area contributed by atoms with Crippen LogP contribution >= 0.6 is 15.9 Å². The van der Waals surface area contributed by atoms with Crippen molar-refractivity contribution in [2.45, 2.75) is 25.6 Å². The van der Waals surface area contributed by atoms with E-state index in [0.717, 1.165) is 26.9 Å². The van der Waals surface area contributed by atoms with Crippen LogP contribution in [0.2, 0.25) is 0 Å². The van der Waals surface area contributed by atoms with Gasteiger partial charge in [0.1, 0.15) is 5.75 Å². The third-order valence-corrected chi connectivity index (χ3v) is 6.52. The fourth-order valence-corrected chi connectivity index (χ4v) is 4.66. The Morgan fingerprint density at radius 2 is 1.79 bits per heavy atom. The summed E-state index contributed by atoms with van der Waals surface area (Å²) in [6, 6.07) is 19.0. The van der Waals surface area contributed by atoms with E-state index in [0.29, 0.717) is 29.2 Å². The molecule has 0 amide bonds. The molecule has 0 saturated carbocycles. The standard InChI is InChI=1S/C26H23BrN2O4/c1-15-4-6-16(7-5-15)25(30)26-29-21(19-13-18(27)9-11-22(19)33-26)14-20(28-29)17-8-10-23(31-2)24(12-17)32-3/h4-13,21,26H,14H2,1-3H3. The molecule has 168 valence electrons. The molecule has 7 heteroatoms. The van der Waals surface area contributed by atoms with Crippen LogP contribution in [-0.4, -0.2) is 37.0 Å². The molecule has 5 rings (SSSR count). The lowest BCUT2D eigenvalue weighted by Gasteiger charge is -2.37.